The Hall–Kier alpha value is -0.900. The maximum Gasteiger partial charge on any atom is 0.0675 e. The minimum atomic E-state index is 0.325. The number of ether oxygens (including phenoxy) is 1. The van der Waals surface area contributed by atoms with E-state index in [4.69, 9.17) is 4.74 Å². The van der Waals surface area contributed by atoms with Crippen molar-refractivity contribution in [3.05, 3.63) is 35.9 Å². The van der Waals surface area contributed by atoms with Gasteiger partial charge in [-0.3, -0.25) is 4.90 Å². The van der Waals surface area contributed by atoms with E-state index in [1.54, 1.807) is 0 Å². The van der Waals surface area contributed by atoms with Gasteiger partial charge in [0.15, 0.2) is 0 Å². The van der Waals surface area contributed by atoms with E-state index in [9.17, 15) is 0 Å². The standard InChI is InChI=1S/C17H28N2O/c1-4-16-13-20-14(3)12-19(16)17(11-18-5-2)15-9-7-6-8-10-15/h6-10,14,16-18H,4-5,11-13H2,1-3H3. The van der Waals surface area contributed by atoms with E-state index in [0.717, 1.165) is 32.7 Å². The smallest absolute Gasteiger partial charge is 0.0675 e. The Labute approximate surface area is 123 Å². The van der Waals surface area contributed by atoms with Gasteiger partial charge in [0, 0.05) is 25.2 Å². The lowest BCUT2D eigenvalue weighted by atomic mass is 10.0. The van der Waals surface area contributed by atoms with Crippen molar-refractivity contribution < 1.29 is 4.74 Å². The van der Waals surface area contributed by atoms with Crippen molar-refractivity contribution in [1.29, 1.82) is 0 Å². The summed E-state index contributed by atoms with van der Waals surface area (Å²) in [7, 11) is 0. The Kier molecular flexibility index (Phi) is 6.02. The largest absolute Gasteiger partial charge is 0.376 e. The predicted molar refractivity (Wildman–Crippen MR) is 83.9 cm³/mol. The lowest BCUT2D eigenvalue weighted by molar-refractivity contribution is -0.0729. The summed E-state index contributed by atoms with van der Waals surface area (Å²) in [6.45, 7) is 10.5. The van der Waals surface area contributed by atoms with Crippen molar-refractivity contribution >= 4 is 0 Å². The molecule has 2 rings (SSSR count). The van der Waals surface area contributed by atoms with E-state index in [1.165, 1.54) is 5.56 Å². The second-order valence-electron chi connectivity index (χ2n) is 5.64. The minimum Gasteiger partial charge on any atom is -0.376 e. The number of nitrogens with zero attached hydrogens (tertiary/aromatic N) is 1. The lowest BCUT2D eigenvalue weighted by Gasteiger charge is -2.43. The van der Waals surface area contributed by atoms with E-state index in [2.05, 4.69) is 61.3 Å². The molecule has 1 N–H and O–H groups in total. The fraction of sp³-hybridized carbons (Fsp3) is 0.647. The van der Waals surface area contributed by atoms with Crippen LogP contribution in [0.5, 0.6) is 0 Å². The van der Waals surface area contributed by atoms with Gasteiger partial charge < -0.3 is 10.1 Å². The first-order chi connectivity index (χ1) is 9.76. The number of rotatable bonds is 6. The molecule has 112 valence electrons. The monoisotopic (exact) mass is 276 g/mol. The Morgan fingerprint density at radius 1 is 1.30 bits per heavy atom. The van der Waals surface area contributed by atoms with Gasteiger partial charge in [0.25, 0.3) is 0 Å². The van der Waals surface area contributed by atoms with Gasteiger partial charge in [0.05, 0.1) is 12.7 Å². The molecular formula is C17H28N2O. The maximum atomic E-state index is 5.84. The highest BCUT2D eigenvalue weighted by Crippen LogP contribution is 2.27. The average Bonchev–Trinajstić information content (AvgIpc) is 2.49. The molecule has 0 spiro atoms. The van der Waals surface area contributed by atoms with Crippen LogP contribution in [0.1, 0.15) is 38.8 Å². The Morgan fingerprint density at radius 3 is 2.70 bits per heavy atom. The fourth-order valence-electron chi connectivity index (χ4n) is 2.99. The summed E-state index contributed by atoms with van der Waals surface area (Å²) in [5.41, 5.74) is 1.40. The van der Waals surface area contributed by atoms with Gasteiger partial charge in [0.2, 0.25) is 0 Å². The molecular weight excluding hydrogens is 248 g/mol. The summed E-state index contributed by atoms with van der Waals surface area (Å²) in [4.78, 5) is 2.63. The molecule has 1 aromatic rings. The third kappa shape index (κ3) is 3.81. The van der Waals surface area contributed by atoms with Crippen molar-refractivity contribution in [2.45, 2.75) is 45.4 Å². The van der Waals surface area contributed by atoms with Gasteiger partial charge in [-0.2, -0.15) is 0 Å². The minimum absolute atomic E-state index is 0.325. The highest BCUT2D eigenvalue weighted by Gasteiger charge is 2.31. The van der Waals surface area contributed by atoms with Gasteiger partial charge >= 0.3 is 0 Å². The van der Waals surface area contributed by atoms with Gasteiger partial charge in [0.1, 0.15) is 0 Å². The number of hydrogen-bond donors (Lipinski definition) is 1. The molecule has 1 fully saturated rings. The van der Waals surface area contributed by atoms with Gasteiger partial charge in [-0.05, 0) is 25.5 Å². The first-order valence-electron chi connectivity index (χ1n) is 7.89. The zero-order chi connectivity index (χ0) is 14.4. The van der Waals surface area contributed by atoms with Crippen molar-refractivity contribution in [3.8, 4) is 0 Å². The van der Waals surface area contributed by atoms with Crippen molar-refractivity contribution in [1.82, 2.24) is 10.2 Å². The summed E-state index contributed by atoms with van der Waals surface area (Å²) in [5, 5.41) is 3.52. The van der Waals surface area contributed by atoms with Crippen LogP contribution < -0.4 is 5.32 Å². The summed E-state index contributed by atoms with van der Waals surface area (Å²) in [6, 6.07) is 11.8. The zero-order valence-electron chi connectivity index (χ0n) is 13.0. The van der Waals surface area contributed by atoms with Crippen LogP contribution in [0.2, 0.25) is 0 Å². The number of benzene rings is 1. The van der Waals surface area contributed by atoms with Crippen LogP contribution in [0.25, 0.3) is 0 Å². The van der Waals surface area contributed by atoms with Gasteiger partial charge in [-0.25, -0.2) is 0 Å². The second-order valence-corrected chi connectivity index (χ2v) is 5.64. The van der Waals surface area contributed by atoms with E-state index >= 15 is 0 Å². The van der Waals surface area contributed by atoms with Crippen LogP contribution >= 0.6 is 0 Å². The summed E-state index contributed by atoms with van der Waals surface area (Å²) in [5.74, 6) is 0. The predicted octanol–water partition coefficient (Wildman–Crippen LogP) is 2.84. The fourth-order valence-corrected chi connectivity index (χ4v) is 2.99. The highest BCUT2D eigenvalue weighted by atomic mass is 16.5. The Bertz CT molecular complexity index is 382. The molecule has 0 bridgehead atoms. The van der Waals surface area contributed by atoms with Crippen LogP contribution in [0.3, 0.4) is 0 Å². The summed E-state index contributed by atoms with van der Waals surface area (Å²) < 4.78 is 5.84. The number of hydrogen-bond acceptors (Lipinski definition) is 3. The van der Waals surface area contributed by atoms with Gasteiger partial charge in [-0.15, -0.1) is 0 Å². The molecule has 3 nitrogen and oxygen atoms in total. The Morgan fingerprint density at radius 2 is 2.05 bits per heavy atom. The molecule has 1 aliphatic rings. The normalized spacial score (nSPS) is 25.6. The third-order valence-electron chi connectivity index (χ3n) is 4.15. The molecule has 0 aliphatic carbocycles. The molecule has 1 aliphatic heterocycles. The topological polar surface area (TPSA) is 24.5 Å². The molecule has 3 unspecified atom stereocenters. The van der Waals surface area contributed by atoms with Crippen LogP contribution in [0.15, 0.2) is 30.3 Å². The third-order valence-corrected chi connectivity index (χ3v) is 4.15. The van der Waals surface area contributed by atoms with E-state index in [0.29, 0.717) is 18.2 Å². The number of likely N-dealkylation sites (N-methyl/N-ethyl adjacent to an activating group) is 1. The van der Waals surface area contributed by atoms with E-state index < -0.39 is 0 Å². The number of nitrogens with one attached hydrogen (secondary N) is 1. The lowest BCUT2D eigenvalue weighted by Crippen LogP contribution is -2.51. The average molecular weight is 276 g/mol. The second kappa shape index (κ2) is 7.77. The molecule has 3 heteroatoms. The van der Waals surface area contributed by atoms with Crippen LogP contribution in [-0.2, 0) is 4.74 Å². The van der Waals surface area contributed by atoms with Crippen LogP contribution in [0, 0.1) is 0 Å². The first kappa shape index (κ1) is 15.5. The van der Waals surface area contributed by atoms with Crippen molar-refractivity contribution in [2.24, 2.45) is 0 Å². The molecule has 20 heavy (non-hydrogen) atoms. The molecule has 0 saturated carbocycles. The molecule has 1 saturated heterocycles. The van der Waals surface area contributed by atoms with Gasteiger partial charge in [-0.1, -0.05) is 44.2 Å². The van der Waals surface area contributed by atoms with Crippen LogP contribution in [0.4, 0.5) is 0 Å². The van der Waals surface area contributed by atoms with E-state index in [1.807, 2.05) is 0 Å². The van der Waals surface area contributed by atoms with Crippen molar-refractivity contribution in [3.63, 3.8) is 0 Å². The maximum absolute atomic E-state index is 5.84. The first-order valence-corrected chi connectivity index (χ1v) is 7.89. The molecule has 3 atom stereocenters. The zero-order valence-corrected chi connectivity index (χ0v) is 13.0. The molecule has 0 radical (unpaired) electrons. The molecule has 0 amide bonds. The Balaban J connectivity index is 2.19. The molecule has 1 aromatic carbocycles. The number of morpholine rings is 1. The van der Waals surface area contributed by atoms with Crippen LogP contribution in [-0.4, -0.2) is 43.3 Å². The molecule has 0 aromatic heterocycles. The highest BCUT2D eigenvalue weighted by molar-refractivity contribution is 5.20. The summed E-state index contributed by atoms with van der Waals surface area (Å²) in [6.07, 6.45) is 1.47. The quantitative estimate of drug-likeness (QED) is 0.864. The SMILES string of the molecule is CCNCC(c1ccccc1)N1CC(C)OCC1CC. The van der Waals surface area contributed by atoms with Crippen molar-refractivity contribution in [2.75, 3.05) is 26.2 Å². The van der Waals surface area contributed by atoms with E-state index in [-0.39, 0.29) is 0 Å². The molecule has 1 heterocycles. The summed E-state index contributed by atoms with van der Waals surface area (Å²) >= 11 is 0.